The Hall–Kier alpha value is -1.28. The highest BCUT2D eigenvalue weighted by Gasteiger charge is 2.27. The molecular weight excluding hydrogens is 176 g/mol. The topological polar surface area (TPSA) is 29.5 Å². The van der Waals surface area contributed by atoms with Crippen molar-refractivity contribution in [2.75, 3.05) is 0 Å². The van der Waals surface area contributed by atoms with Crippen molar-refractivity contribution in [2.24, 2.45) is 0 Å². The van der Waals surface area contributed by atoms with Crippen LogP contribution in [0.4, 0.5) is 0 Å². The van der Waals surface area contributed by atoms with E-state index in [0.717, 1.165) is 5.75 Å². The summed E-state index contributed by atoms with van der Waals surface area (Å²) in [5.74, 6) is 0.749. The summed E-state index contributed by atoms with van der Waals surface area (Å²) in [6, 6.07) is 9.43. The van der Waals surface area contributed by atoms with Crippen LogP contribution in [0.5, 0.6) is 5.75 Å². The first-order chi connectivity index (χ1) is 6.56. The van der Waals surface area contributed by atoms with Gasteiger partial charge >= 0.3 is 0 Å². The van der Waals surface area contributed by atoms with Crippen molar-refractivity contribution in [1.29, 1.82) is 0 Å². The number of hydrogen-bond acceptors (Lipinski definition) is 2. The zero-order valence-corrected chi connectivity index (χ0v) is 8.60. The van der Waals surface area contributed by atoms with Crippen LogP contribution in [0, 0.1) is 0 Å². The quantitative estimate of drug-likeness (QED) is 0.742. The molecule has 0 aliphatic heterocycles. The van der Waals surface area contributed by atoms with Crippen LogP contribution >= 0.6 is 0 Å². The van der Waals surface area contributed by atoms with E-state index in [1.165, 1.54) is 6.08 Å². The predicted molar refractivity (Wildman–Crippen MR) is 57.4 cm³/mol. The zero-order valence-electron chi connectivity index (χ0n) is 8.60. The molecule has 0 saturated heterocycles. The third-order valence-electron chi connectivity index (χ3n) is 2.06. The molecule has 1 atom stereocenters. The molecule has 0 amide bonds. The van der Waals surface area contributed by atoms with Crippen LogP contribution in [-0.4, -0.2) is 16.8 Å². The highest BCUT2D eigenvalue weighted by atomic mass is 16.5. The fourth-order valence-electron chi connectivity index (χ4n) is 1.14. The molecule has 0 radical (unpaired) electrons. The van der Waals surface area contributed by atoms with E-state index in [-0.39, 0.29) is 0 Å². The monoisotopic (exact) mass is 192 g/mol. The van der Waals surface area contributed by atoms with E-state index in [1.807, 2.05) is 44.2 Å². The number of ether oxygens (including phenoxy) is 1. The fourth-order valence-corrected chi connectivity index (χ4v) is 1.14. The SMILES string of the molecule is C=CC(O)C(C)(C)Oc1ccccc1. The van der Waals surface area contributed by atoms with Gasteiger partial charge in [-0.15, -0.1) is 6.58 Å². The van der Waals surface area contributed by atoms with Crippen molar-refractivity contribution >= 4 is 0 Å². The smallest absolute Gasteiger partial charge is 0.133 e. The van der Waals surface area contributed by atoms with E-state index in [1.54, 1.807) is 0 Å². The molecular formula is C12H16O2. The minimum absolute atomic E-state index is 0.650. The average molecular weight is 192 g/mol. The summed E-state index contributed by atoms with van der Waals surface area (Å²) in [7, 11) is 0. The molecule has 0 fully saturated rings. The Morgan fingerprint density at radius 1 is 1.36 bits per heavy atom. The van der Waals surface area contributed by atoms with Crippen molar-refractivity contribution in [3.63, 3.8) is 0 Å². The molecule has 0 aliphatic rings. The van der Waals surface area contributed by atoms with Gasteiger partial charge in [0.25, 0.3) is 0 Å². The maximum Gasteiger partial charge on any atom is 0.133 e. The lowest BCUT2D eigenvalue weighted by Gasteiger charge is -2.29. The maximum atomic E-state index is 9.60. The summed E-state index contributed by atoms with van der Waals surface area (Å²) < 4.78 is 5.63. The predicted octanol–water partition coefficient (Wildman–Crippen LogP) is 2.39. The molecule has 0 aliphatic carbocycles. The third-order valence-corrected chi connectivity index (χ3v) is 2.06. The first-order valence-corrected chi connectivity index (χ1v) is 4.61. The van der Waals surface area contributed by atoms with Gasteiger partial charge < -0.3 is 9.84 Å². The van der Waals surface area contributed by atoms with Gasteiger partial charge in [-0.1, -0.05) is 24.3 Å². The highest BCUT2D eigenvalue weighted by molar-refractivity contribution is 5.22. The summed E-state index contributed by atoms with van der Waals surface area (Å²) in [5.41, 5.74) is -0.650. The van der Waals surface area contributed by atoms with Gasteiger partial charge in [0.15, 0.2) is 0 Å². The van der Waals surface area contributed by atoms with Gasteiger partial charge in [-0.05, 0) is 26.0 Å². The van der Waals surface area contributed by atoms with Crippen molar-refractivity contribution in [1.82, 2.24) is 0 Å². The van der Waals surface area contributed by atoms with Crippen LogP contribution in [0.3, 0.4) is 0 Å². The number of benzene rings is 1. The van der Waals surface area contributed by atoms with Crippen LogP contribution in [0.1, 0.15) is 13.8 Å². The molecule has 0 saturated carbocycles. The molecule has 0 heterocycles. The van der Waals surface area contributed by atoms with Gasteiger partial charge in [-0.2, -0.15) is 0 Å². The molecule has 1 aromatic rings. The van der Waals surface area contributed by atoms with Crippen LogP contribution in [0.2, 0.25) is 0 Å². The first-order valence-electron chi connectivity index (χ1n) is 4.61. The Morgan fingerprint density at radius 2 is 1.93 bits per heavy atom. The van der Waals surface area contributed by atoms with Gasteiger partial charge in [-0.25, -0.2) is 0 Å². The van der Waals surface area contributed by atoms with Gasteiger partial charge in [0, 0.05) is 0 Å². The standard InChI is InChI=1S/C12H16O2/c1-4-11(13)12(2,3)14-10-8-6-5-7-9-10/h4-9,11,13H,1H2,2-3H3. The Labute approximate surface area is 84.8 Å². The molecule has 1 unspecified atom stereocenters. The Kier molecular flexibility index (Phi) is 3.31. The van der Waals surface area contributed by atoms with E-state index < -0.39 is 11.7 Å². The number of rotatable bonds is 4. The van der Waals surface area contributed by atoms with Crippen molar-refractivity contribution in [3.05, 3.63) is 43.0 Å². The van der Waals surface area contributed by atoms with Crippen molar-refractivity contribution in [3.8, 4) is 5.75 Å². The molecule has 0 aromatic heterocycles. The molecule has 0 spiro atoms. The lowest BCUT2D eigenvalue weighted by molar-refractivity contribution is -0.00153. The number of aliphatic hydroxyl groups is 1. The summed E-state index contributed by atoms with van der Waals surface area (Å²) in [6.45, 7) is 7.19. The summed E-state index contributed by atoms with van der Waals surface area (Å²) in [4.78, 5) is 0. The zero-order chi connectivity index (χ0) is 10.6. The number of para-hydroxylation sites is 1. The van der Waals surface area contributed by atoms with Gasteiger partial charge in [0.2, 0.25) is 0 Å². The molecule has 1 N–H and O–H groups in total. The van der Waals surface area contributed by atoms with Crippen molar-refractivity contribution < 1.29 is 9.84 Å². The molecule has 1 rings (SSSR count). The van der Waals surface area contributed by atoms with Crippen molar-refractivity contribution in [2.45, 2.75) is 25.6 Å². The molecule has 1 aromatic carbocycles. The molecule has 2 heteroatoms. The molecule has 76 valence electrons. The van der Waals surface area contributed by atoms with Gasteiger partial charge in [0.05, 0.1) is 0 Å². The Bertz CT molecular complexity index is 290. The number of aliphatic hydroxyl groups excluding tert-OH is 1. The molecule has 2 nitrogen and oxygen atoms in total. The van der Waals surface area contributed by atoms with Crippen LogP contribution in [0.25, 0.3) is 0 Å². The minimum atomic E-state index is -0.678. The maximum absolute atomic E-state index is 9.60. The van der Waals surface area contributed by atoms with Crippen LogP contribution in [0.15, 0.2) is 43.0 Å². The van der Waals surface area contributed by atoms with Crippen LogP contribution < -0.4 is 4.74 Å². The minimum Gasteiger partial charge on any atom is -0.485 e. The van der Waals surface area contributed by atoms with Crippen LogP contribution in [-0.2, 0) is 0 Å². The lowest BCUT2D eigenvalue weighted by Crippen LogP contribution is -2.40. The van der Waals surface area contributed by atoms with Gasteiger partial charge in [-0.3, -0.25) is 0 Å². The normalized spacial score (nSPS) is 13.4. The van der Waals surface area contributed by atoms with Gasteiger partial charge in [0.1, 0.15) is 17.5 Å². The lowest BCUT2D eigenvalue weighted by atomic mass is 10.0. The summed E-state index contributed by atoms with van der Waals surface area (Å²) >= 11 is 0. The highest BCUT2D eigenvalue weighted by Crippen LogP contribution is 2.20. The fraction of sp³-hybridized carbons (Fsp3) is 0.333. The van der Waals surface area contributed by atoms with E-state index in [9.17, 15) is 5.11 Å². The summed E-state index contributed by atoms with van der Waals surface area (Å²) in [5, 5.41) is 9.60. The van der Waals surface area contributed by atoms with E-state index in [4.69, 9.17) is 4.74 Å². The Morgan fingerprint density at radius 3 is 2.43 bits per heavy atom. The summed E-state index contributed by atoms with van der Waals surface area (Å²) in [6.07, 6.45) is 0.797. The average Bonchev–Trinajstić information content (AvgIpc) is 2.17. The molecule has 14 heavy (non-hydrogen) atoms. The third kappa shape index (κ3) is 2.60. The second kappa shape index (κ2) is 4.29. The van der Waals surface area contributed by atoms with E-state index >= 15 is 0 Å². The largest absolute Gasteiger partial charge is 0.485 e. The number of hydrogen-bond donors (Lipinski definition) is 1. The second-order valence-corrected chi connectivity index (χ2v) is 3.70. The van der Waals surface area contributed by atoms with E-state index in [0.29, 0.717) is 0 Å². The second-order valence-electron chi connectivity index (χ2n) is 3.70. The first kappa shape index (κ1) is 10.8. The van der Waals surface area contributed by atoms with E-state index in [2.05, 4.69) is 6.58 Å². The molecule has 0 bridgehead atoms. The Balaban J connectivity index is 2.73.